The minimum atomic E-state index is -0.105. The number of ether oxygens (including phenoxy) is 2. The normalized spacial score (nSPS) is 22.1. The van der Waals surface area contributed by atoms with Crippen LogP contribution in [0.3, 0.4) is 0 Å². The number of nitrogens with one attached hydrogen (secondary N) is 1. The fourth-order valence-electron chi connectivity index (χ4n) is 2.44. The maximum Gasteiger partial charge on any atom is 0.229 e. The zero-order chi connectivity index (χ0) is 13.8. The van der Waals surface area contributed by atoms with Crippen molar-refractivity contribution in [3.05, 3.63) is 18.2 Å². The second-order valence-corrected chi connectivity index (χ2v) is 4.76. The first-order valence-corrected chi connectivity index (χ1v) is 6.44. The molecule has 104 valence electrons. The molecule has 0 saturated heterocycles. The number of hydrogen-bond acceptors (Lipinski definition) is 4. The van der Waals surface area contributed by atoms with Gasteiger partial charge in [-0.25, -0.2) is 0 Å². The van der Waals surface area contributed by atoms with E-state index in [4.69, 9.17) is 15.2 Å². The number of carbonyl (C=O) groups is 1. The highest BCUT2D eigenvalue weighted by Gasteiger charge is 2.30. The Morgan fingerprint density at radius 1 is 1.32 bits per heavy atom. The summed E-state index contributed by atoms with van der Waals surface area (Å²) in [5.74, 6) is 1.13. The predicted octanol–water partition coefficient (Wildman–Crippen LogP) is 1.77. The summed E-state index contributed by atoms with van der Waals surface area (Å²) in [6.45, 7) is 0. The summed E-state index contributed by atoms with van der Waals surface area (Å²) < 4.78 is 10.4. The van der Waals surface area contributed by atoms with Gasteiger partial charge in [0, 0.05) is 12.1 Å². The van der Waals surface area contributed by atoms with Crippen molar-refractivity contribution in [3.8, 4) is 11.5 Å². The van der Waals surface area contributed by atoms with Crippen molar-refractivity contribution >= 4 is 11.6 Å². The van der Waals surface area contributed by atoms with Gasteiger partial charge in [-0.05, 0) is 25.0 Å². The molecule has 2 unspecified atom stereocenters. The Kier molecular flexibility index (Phi) is 4.27. The van der Waals surface area contributed by atoms with E-state index in [9.17, 15) is 4.79 Å². The number of anilines is 1. The summed E-state index contributed by atoms with van der Waals surface area (Å²) in [4.78, 5) is 12.2. The van der Waals surface area contributed by atoms with E-state index in [0.29, 0.717) is 17.2 Å². The van der Waals surface area contributed by atoms with Gasteiger partial charge in [0.2, 0.25) is 5.91 Å². The summed E-state index contributed by atoms with van der Waals surface area (Å²) in [5, 5.41) is 2.89. The van der Waals surface area contributed by atoms with E-state index in [-0.39, 0.29) is 17.9 Å². The molecule has 0 aliphatic heterocycles. The highest BCUT2D eigenvalue weighted by atomic mass is 16.5. The Hall–Kier alpha value is -1.75. The van der Waals surface area contributed by atoms with Crippen molar-refractivity contribution in [1.82, 2.24) is 0 Å². The molecular weight excluding hydrogens is 244 g/mol. The monoisotopic (exact) mass is 264 g/mol. The highest BCUT2D eigenvalue weighted by Crippen LogP contribution is 2.31. The third-order valence-electron chi connectivity index (χ3n) is 3.57. The van der Waals surface area contributed by atoms with Crippen LogP contribution >= 0.6 is 0 Å². The maximum absolute atomic E-state index is 12.2. The van der Waals surface area contributed by atoms with Crippen molar-refractivity contribution in [2.75, 3.05) is 19.5 Å². The first-order valence-electron chi connectivity index (χ1n) is 6.44. The Balaban J connectivity index is 2.12. The largest absolute Gasteiger partial charge is 0.497 e. The van der Waals surface area contributed by atoms with Gasteiger partial charge in [-0.3, -0.25) is 4.79 Å². The van der Waals surface area contributed by atoms with Gasteiger partial charge in [-0.1, -0.05) is 6.42 Å². The summed E-state index contributed by atoms with van der Waals surface area (Å²) in [7, 11) is 3.15. The highest BCUT2D eigenvalue weighted by molar-refractivity contribution is 5.94. The third-order valence-corrected chi connectivity index (χ3v) is 3.57. The maximum atomic E-state index is 12.2. The molecule has 1 aromatic rings. The van der Waals surface area contributed by atoms with Crippen LogP contribution in [0, 0.1) is 5.92 Å². The number of methoxy groups -OCH3 is 2. The molecule has 5 nitrogen and oxygen atoms in total. The number of amides is 1. The van der Waals surface area contributed by atoms with E-state index in [1.807, 2.05) is 0 Å². The van der Waals surface area contributed by atoms with E-state index in [1.54, 1.807) is 32.4 Å². The van der Waals surface area contributed by atoms with E-state index in [2.05, 4.69) is 5.32 Å². The molecule has 1 fully saturated rings. The molecule has 1 saturated carbocycles. The standard InChI is InChI=1S/C14H20N2O3/c1-18-9-6-7-12(13(8-9)19-2)16-14(17)10-4-3-5-11(10)15/h6-8,10-11H,3-5,15H2,1-2H3,(H,16,17). The Morgan fingerprint density at radius 3 is 2.68 bits per heavy atom. The van der Waals surface area contributed by atoms with Crippen molar-refractivity contribution in [3.63, 3.8) is 0 Å². The van der Waals surface area contributed by atoms with Crippen molar-refractivity contribution in [1.29, 1.82) is 0 Å². The average molecular weight is 264 g/mol. The summed E-state index contributed by atoms with van der Waals surface area (Å²) in [6.07, 6.45) is 2.78. The second kappa shape index (κ2) is 5.93. The first-order chi connectivity index (χ1) is 9.15. The quantitative estimate of drug-likeness (QED) is 0.869. The molecule has 1 amide bonds. The number of benzene rings is 1. The van der Waals surface area contributed by atoms with Crippen LogP contribution < -0.4 is 20.5 Å². The van der Waals surface area contributed by atoms with Crippen LogP contribution in [0.5, 0.6) is 11.5 Å². The fourth-order valence-corrected chi connectivity index (χ4v) is 2.44. The first kappa shape index (κ1) is 13.7. The van der Waals surface area contributed by atoms with Gasteiger partial charge < -0.3 is 20.5 Å². The van der Waals surface area contributed by atoms with E-state index >= 15 is 0 Å². The molecular formula is C14H20N2O3. The third kappa shape index (κ3) is 2.98. The number of carbonyl (C=O) groups excluding carboxylic acids is 1. The van der Waals surface area contributed by atoms with E-state index in [1.165, 1.54) is 0 Å². The minimum absolute atomic E-state index is 0.0338. The summed E-state index contributed by atoms with van der Waals surface area (Å²) >= 11 is 0. The van der Waals surface area contributed by atoms with Gasteiger partial charge in [0.25, 0.3) is 0 Å². The number of nitrogens with two attached hydrogens (primary N) is 1. The molecule has 0 aromatic heterocycles. The lowest BCUT2D eigenvalue weighted by Crippen LogP contribution is -2.34. The van der Waals surface area contributed by atoms with E-state index in [0.717, 1.165) is 19.3 Å². The van der Waals surface area contributed by atoms with Crippen molar-refractivity contribution in [2.24, 2.45) is 11.7 Å². The van der Waals surface area contributed by atoms with Crippen LogP contribution in [-0.4, -0.2) is 26.2 Å². The molecule has 0 radical (unpaired) electrons. The smallest absolute Gasteiger partial charge is 0.229 e. The van der Waals surface area contributed by atoms with Gasteiger partial charge in [0.05, 0.1) is 25.8 Å². The van der Waals surface area contributed by atoms with E-state index < -0.39 is 0 Å². The Morgan fingerprint density at radius 2 is 2.11 bits per heavy atom. The van der Waals surface area contributed by atoms with Gasteiger partial charge >= 0.3 is 0 Å². The topological polar surface area (TPSA) is 73.6 Å². The Bertz CT molecular complexity index is 462. The van der Waals surface area contributed by atoms with Crippen LogP contribution in [-0.2, 0) is 4.79 Å². The van der Waals surface area contributed by atoms with Crippen LogP contribution in [0.15, 0.2) is 18.2 Å². The number of rotatable bonds is 4. The predicted molar refractivity (Wildman–Crippen MR) is 73.5 cm³/mol. The molecule has 0 heterocycles. The zero-order valence-electron chi connectivity index (χ0n) is 11.3. The molecule has 1 aliphatic rings. The average Bonchev–Trinajstić information content (AvgIpc) is 2.85. The lowest BCUT2D eigenvalue weighted by Gasteiger charge is -2.17. The molecule has 2 atom stereocenters. The van der Waals surface area contributed by atoms with Gasteiger partial charge in [0.1, 0.15) is 11.5 Å². The second-order valence-electron chi connectivity index (χ2n) is 4.76. The molecule has 1 aromatic carbocycles. The molecule has 19 heavy (non-hydrogen) atoms. The summed E-state index contributed by atoms with van der Waals surface area (Å²) in [6, 6.07) is 5.26. The van der Waals surface area contributed by atoms with Crippen LogP contribution in [0.1, 0.15) is 19.3 Å². The molecule has 5 heteroatoms. The van der Waals surface area contributed by atoms with Gasteiger partial charge in [0.15, 0.2) is 0 Å². The lowest BCUT2D eigenvalue weighted by molar-refractivity contribution is -0.120. The van der Waals surface area contributed by atoms with Crippen molar-refractivity contribution in [2.45, 2.75) is 25.3 Å². The fraction of sp³-hybridized carbons (Fsp3) is 0.500. The van der Waals surface area contributed by atoms with Crippen LogP contribution in [0.25, 0.3) is 0 Å². The minimum Gasteiger partial charge on any atom is -0.497 e. The van der Waals surface area contributed by atoms with Crippen molar-refractivity contribution < 1.29 is 14.3 Å². The molecule has 2 rings (SSSR count). The zero-order valence-corrected chi connectivity index (χ0v) is 11.3. The Labute approximate surface area is 113 Å². The van der Waals surface area contributed by atoms with Crippen LogP contribution in [0.2, 0.25) is 0 Å². The van der Waals surface area contributed by atoms with Gasteiger partial charge in [-0.15, -0.1) is 0 Å². The summed E-state index contributed by atoms with van der Waals surface area (Å²) in [5.41, 5.74) is 6.58. The SMILES string of the molecule is COc1ccc(NC(=O)C2CCCC2N)c(OC)c1. The van der Waals surface area contributed by atoms with Gasteiger partial charge in [-0.2, -0.15) is 0 Å². The molecule has 0 spiro atoms. The van der Waals surface area contributed by atoms with Crippen LogP contribution in [0.4, 0.5) is 5.69 Å². The molecule has 3 N–H and O–H groups in total. The lowest BCUT2D eigenvalue weighted by atomic mass is 10.0. The molecule has 1 aliphatic carbocycles. The molecule has 0 bridgehead atoms. The number of hydrogen-bond donors (Lipinski definition) is 2.